The molecule has 69 valence electrons. The molecule has 0 spiro atoms. The number of ether oxygens (including phenoxy) is 1. The molecule has 0 saturated carbocycles. The van der Waals surface area contributed by atoms with Crippen LogP contribution in [0.3, 0.4) is 0 Å². The minimum Gasteiger partial charge on any atom is -0.394 e. The van der Waals surface area contributed by atoms with E-state index >= 15 is 0 Å². The molecular formula is C10H13O2Si. The average Bonchev–Trinajstić information content (AvgIpc) is 2.16. The summed E-state index contributed by atoms with van der Waals surface area (Å²) >= 11 is 0. The molecule has 0 saturated heterocycles. The molecule has 0 amide bonds. The molecule has 0 aromatic heterocycles. The van der Waals surface area contributed by atoms with E-state index in [1.807, 2.05) is 19.1 Å². The molecule has 0 aliphatic carbocycles. The molecule has 1 aromatic rings. The summed E-state index contributed by atoms with van der Waals surface area (Å²) in [6.45, 7) is 4.49. The van der Waals surface area contributed by atoms with Crippen molar-refractivity contribution in [2.75, 3.05) is 0 Å². The topological polar surface area (TPSA) is 18.5 Å². The molecule has 1 unspecified atom stereocenters. The Bertz CT molecular complexity index is 263. The van der Waals surface area contributed by atoms with Crippen molar-refractivity contribution in [2.45, 2.75) is 26.7 Å². The monoisotopic (exact) mass is 193 g/mol. The second kappa shape index (κ2) is 5.17. The van der Waals surface area contributed by atoms with Crippen molar-refractivity contribution in [1.82, 2.24) is 0 Å². The lowest BCUT2D eigenvalue weighted by Crippen LogP contribution is -2.11. The molecule has 0 N–H and O–H groups in total. The maximum atomic E-state index is 5.39. The average molecular weight is 193 g/mol. The van der Waals surface area contributed by atoms with E-state index in [0.29, 0.717) is 6.61 Å². The number of hydrogen-bond acceptors (Lipinski definition) is 2. The van der Waals surface area contributed by atoms with Gasteiger partial charge < -0.3 is 9.16 Å². The van der Waals surface area contributed by atoms with Crippen LogP contribution in [0.1, 0.15) is 18.1 Å². The van der Waals surface area contributed by atoms with Gasteiger partial charge in [-0.2, -0.15) is 0 Å². The smallest absolute Gasteiger partial charge is 0.249 e. The molecule has 13 heavy (non-hydrogen) atoms. The predicted octanol–water partition coefficient (Wildman–Crippen LogP) is 1.96. The zero-order chi connectivity index (χ0) is 9.68. The Hall–Kier alpha value is -0.643. The maximum Gasteiger partial charge on any atom is 0.249 e. The summed E-state index contributed by atoms with van der Waals surface area (Å²) in [4.78, 5) is 0. The van der Waals surface area contributed by atoms with E-state index in [2.05, 4.69) is 29.5 Å². The minimum absolute atomic E-state index is 0.226. The van der Waals surface area contributed by atoms with Crippen LogP contribution in [0.5, 0.6) is 0 Å². The molecule has 3 heteroatoms. The fraction of sp³-hybridized carbons (Fsp3) is 0.400. The Morgan fingerprint density at radius 2 is 2.08 bits per heavy atom. The van der Waals surface area contributed by atoms with E-state index in [4.69, 9.17) is 9.16 Å². The van der Waals surface area contributed by atoms with Gasteiger partial charge in [-0.3, -0.25) is 0 Å². The Morgan fingerprint density at radius 1 is 1.38 bits per heavy atom. The summed E-state index contributed by atoms with van der Waals surface area (Å²) in [7, 11) is 2.93. The van der Waals surface area contributed by atoms with E-state index in [1.165, 1.54) is 11.1 Å². The summed E-state index contributed by atoms with van der Waals surface area (Å²) in [5.74, 6) is 0. The quantitative estimate of drug-likeness (QED) is 0.537. The first kappa shape index (κ1) is 10.4. The molecular weight excluding hydrogens is 180 g/mol. The van der Waals surface area contributed by atoms with Crippen LogP contribution in [0.15, 0.2) is 24.3 Å². The zero-order valence-corrected chi connectivity index (χ0v) is 8.91. The highest BCUT2D eigenvalue weighted by molar-refractivity contribution is 5.98. The van der Waals surface area contributed by atoms with Crippen molar-refractivity contribution in [2.24, 2.45) is 0 Å². The SMILES string of the molecule is Cc1ccccc1COC(C)O[Si]. The van der Waals surface area contributed by atoms with E-state index < -0.39 is 0 Å². The van der Waals surface area contributed by atoms with Crippen molar-refractivity contribution >= 4 is 10.5 Å². The summed E-state index contributed by atoms with van der Waals surface area (Å²) in [5.41, 5.74) is 2.43. The Morgan fingerprint density at radius 3 is 2.69 bits per heavy atom. The summed E-state index contributed by atoms with van der Waals surface area (Å²) < 4.78 is 10.2. The van der Waals surface area contributed by atoms with Crippen LogP contribution in [0, 0.1) is 6.92 Å². The van der Waals surface area contributed by atoms with Gasteiger partial charge in [-0.05, 0) is 25.0 Å². The predicted molar refractivity (Wildman–Crippen MR) is 52.3 cm³/mol. The third-order valence-corrected chi connectivity index (χ3v) is 2.23. The number of aryl methyl sites for hydroxylation is 1. The molecule has 0 aliphatic heterocycles. The molecule has 3 radical (unpaired) electrons. The van der Waals surface area contributed by atoms with Crippen LogP contribution in [0.2, 0.25) is 0 Å². The third-order valence-electron chi connectivity index (χ3n) is 1.90. The van der Waals surface area contributed by atoms with Crippen molar-refractivity contribution in [3.05, 3.63) is 35.4 Å². The van der Waals surface area contributed by atoms with Gasteiger partial charge in [-0.15, -0.1) is 0 Å². The third kappa shape index (κ3) is 3.30. The van der Waals surface area contributed by atoms with Gasteiger partial charge in [0.2, 0.25) is 10.5 Å². The highest BCUT2D eigenvalue weighted by Crippen LogP contribution is 2.09. The van der Waals surface area contributed by atoms with Gasteiger partial charge in [0.05, 0.1) is 6.61 Å². The lowest BCUT2D eigenvalue weighted by Gasteiger charge is -2.12. The highest BCUT2D eigenvalue weighted by Gasteiger charge is 2.01. The fourth-order valence-corrected chi connectivity index (χ4v) is 1.08. The number of benzene rings is 1. The number of hydrogen-bond donors (Lipinski definition) is 0. The van der Waals surface area contributed by atoms with Gasteiger partial charge in [-0.25, -0.2) is 0 Å². The first-order valence-corrected chi connectivity index (χ1v) is 4.63. The Kier molecular flexibility index (Phi) is 4.15. The van der Waals surface area contributed by atoms with Gasteiger partial charge in [0.1, 0.15) is 6.29 Å². The van der Waals surface area contributed by atoms with Gasteiger partial charge in [-0.1, -0.05) is 24.3 Å². The Balaban J connectivity index is 2.50. The molecule has 0 heterocycles. The molecule has 0 bridgehead atoms. The van der Waals surface area contributed by atoms with Crippen molar-refractivity contribution in [1.29, 1.82) is 0 Å². The van der Waals surface area contributed by atoms with E-state index in [1.54, 1.807) is 0 Å². The highest BCUT2D eigenvalue weighted by atomic mass is 28.2. The van der Waals surface area contributed by atoms with E-state index in [9.17, 15) is 0 Å². The summed E-state index contributed by atoms with van der Waals surface area (Å²) in [6, 6.07) is 8.14. The van der Waals surface area contributed by atoms with Crippen LogP contribution in [0.4, 0.5) is 0 Å². The molecule has 1 rings (SSSR count). The van der Waals surface area contributed by atoms with Crippen molar-refractivity contribution in [3.63, 3.8) is 0 Å². The van der Waals surface area contributed by atoms with Gasteiger partial charge >= 0.3 is 0 Å². The summed E-state index contributed by atoms with van der Waals surface area (Å²) in [5, 5.41) is 0. The van der Waals surface area contributed by atoms with Crippen molar-refractivity contribution in [3.8, 4) is 0 Å². The van der Waals surface area contributed by atoms with Gasteiger partial charge in [0.25, 0.3) is 0 Å². The van der Waals surface area contributed by atoms with E-state index in [0.717, 1.165) is 0 Å². The Labute approximate surface area is 82.4 Å². The van der Waals surface area contributed by atoms with Crippen LogP contribution < -0.4 is 0 Å². The second-order valence-corrected chi connectivity index (χ2v) is 3.16. The standard InChI is InChI=1S/C10H13O2Si/c1-8-5-3-4-6-10(8)7-11-9(2)12-13/h3-6,9H,7H2,1-2H3. The largest absolute Gasteiger partial charge is 0.394 e. The molecule has 0 fully saturated rings. The lowest BCUT2D eigenvalue weighted by atomic mass is 10.1. The summed E-state index contributed by atoms with van der Waals surface area (Å²) in [6.07, 6.45) is -0.226. The van der Waals surface area contributed by atoms with Crippen LogP contribution in [-0.2, 0) is 15.8 Å². The van der Waals surface area contributed by atoms with Crippen molar-refractivity contribution < 1.29 is 9.16 Å². The minimum atomic E-state index is -0.226. The molecule has 1 aromatic carbocycles. The zero-order valence-electron chi connectivity index (χ0n) is 7.91. The first-order chi connectivity index (χ1) is 6.24. The van der Waals surface area contributed by atoms with Crippen LogP contribution in [-0.4, -0.2) is 16.8 Å². The number of rotatable bonds is 4. The second-order valence-electron chi connectivity index (χ2n) is 2.92. The first-order valence-electron chi connectivity index (χ1n) is 4.22. The molecule has 0 aliphatic rings. The van der Waals surface area contributed by atoms with Gasteiger partial charge in [0, 0.05) is 0 Å². The van der Waals surface area contributed by atoms with Crippen LogP contribution in [0.25, 0.3) is 0 Å². The fourth-order valence-electron chi connectivity index (χ4n) is 1.01. The molecule has 1 atom stereocenters. The van der Waals surface area contributed by atoms with E-state index in [-0.39, 0.29) is 6.29 Å². The lowest BCUT2D eigenvalue weighted by molar-refractivity contribution is -0.0724. The van der Waals surface area contributed by atoms with Gasteiger partial charge in [0.15, 0.2) is 0 Å². The normalized spacial score (nSPS) is 12.8. The molecule has 2 nitrogen and oxygen atoms in total. The van der Waals surface area contributed by atoms with Crippen LogP contribution >= 0.6 is 0 Å². The maximum absolute atomic E-state index is 5.39.